The molecule has 2 aromatic heterocycles. The van der Waals surface area contributed by atoms with Crippen LogP contribution in [0.3, 0.4) is 0 Å². The second-order valence-corrected chi connectivity index (χ2v) is 23.1. The Morgan fingerprint density at radius 1 is 0.971 bits per heavy atom. The summed E-state index contributed by atoms with van der Waals surface area (Å²) in [6.07, 6.45) is 9.30. The molecule has 0 bridgehead atoms. The first-order valence-electron chi connectivity index (χ1n) is 25.4. The number of hydrogen-bond donors (Lipinski definition) is 3. The van der Waals surface area contributed by atoms with Gasteiger partial charge in [-0.3, -0.25) is 23.7 Å². The van der Waals surface area contributed by atoms with Crippen molar-refractivity contribution in [3.8, 4) is 16.1 Å². The van der Waals surface area contributed by atoms with E-state index in [0.29, 0.717) is 22.7 Å². The number of benzene rings is 3. The molecule has 3 amide bonds. The number of rotatable bonds is 14. The predicted molar refractivity (Wildman–Crippen MR) is 272 cm³/mol. The number of aryl methyl sites for hydroxylation is 1. The molecule has 2 aliphatic carbocycles. The van der Waals surface area contributed by atoms with Gasteiger partial charge >= 0.3 is 0 Å². The number of piperidine rings is 1. The smallest absolute Gasteiger partial charge is 0.282 e. The van der Waals surface area contributed by atoms with Gasteiger partial charge in [-0.15, -0.1) is 11.3 Å². The minimum atomic E-state index is -1.96. The van der Waals surface area contributed by atoms with Crippen LogP contribution in [0.1, 0.15) is 144 Å². The number of carbonyl (C=O) groups is 3. The third-order valence-electron chi connectivity index (χ3n) is 16.0. The minimum absolute atomic E-state index is 0.0530. The van der Waals surface area contributed by atoms with Crippen LogP contribution in [0.25, 0.3) is 27.0 Å². The molecule has 4 atom stereocenters. The lowest BCUT2D eigenvalue weighted by atomic mass is 9.77. The monoisotopic (exact) mass is 989 g/mol. The molecule has 370 valence electrons. The zero-order valence-corrected chi connectivity index (χ0v) is 42.3. The van der Waals surface area contributed by atoms with Crippen LogP contribution in [0.4, 0.5) is 4.39 Å². The van der Waals surface area contributed by atoms with E-state index in [1.165, 1.54) is 16.0 Å². The molecule has 5 aromatic rings. The van der Waals surface area contributed by atoms with Gasteiger partial charge in [0.2, 0.25) is 11.8 Å². The lowest BCUT2D eigenvalue weighted by Gasteiger charge is -2.36. The summed E-state index contributed by atoms with van der Waals surface area (Å²) in [5, 5.41) is 17.7. The van der Waals surface area contributed by atoms with Gasteiger partial charge in [0.25, 0.3) is 11.5 Å². The molecule has 15 heteroatoms. The molecule has 2 saturated heterocycles. The lowest BCUT2D eigenvalue weighted by Crippen LogP contribution is -2.59. The van der Waals surface area contributed by atoms with E-state index < -0.39 is 41.1 Å². The van der Waals surface area contributed by atoms with Crippen LogP contribution in [-0.4, -0.2) is 97.2 Å². The largest absolute Gasteiger partial charge is 0.391 e. The zero-order valence-electron chi connectivity index (χ0n) is 40.7. The van der Waals surface area contributed by atoms with Crippen LogP contribution in [0.15, 0.2) is 71.0 Å². The molecule has 3 aliphatic heterocycles. The lowest BCUT2D eigenvalue weighted by molar-refractivity contribution is -0.145. The molecule has 1 spiro atoms. The number of thiazole rings is 1. The number of unbranched alkanes of at least 4 members (excludes halogenated alkanes) is 2. The Hall–Kier alpha value is -5.02. The number of β-amino-alcohol motifs (C(OH)–C–C–N with tert-alkyl or cyclic N) is 1. The number of aromatic nitrogens is 3. The SMILES string of the molecule is Cc1ncsc1-c1ccc([C@H](CCCCCN2CCC(c3ccc4c(c3)C3(CCCC3)c3nc(=O)c5c(Cl)cccc5n3-4)CC2)NC(=O)[C@@H]2CC(O)CN2C(=O)[C@@H](NC(=O)C2(F)CC2)C(C)(C)C)cc1. The molecule has 4 fully saturated rings. The van der Waals surface area contributed by atoms with E-state index in [9.17, 15) is 28.7 Å². The average Bonchev–Trinajstić information content (AvgIpc) is 3.73. The number of amides is 3. The molecular formula is C55H65ClFN7O5S. The van der Waals surface area contributed by atoms with E-state index in [1.54, 1.807) is 38.2 Å². The van der Waals surface area contributed by atoms with Crippen molar-refractivity contribution in [1.29, 1.82) is 0 Å². The fourth-order valence-electron chi connectivity index (χ4n) is 11.9. The van der Waals surface area contributed by atoms with Crippen molar-refractivity contribution in [3.63, 3.8) is 0 Å². The Morgan fingerprint density at radius 2 is 1.71 bits per heavy atom. The maximum Gasteiger partial charge on any atom is 0.282 e. The summed E-state index contributed by atoms with van der Waals surface area (Å²) in [4.78, 5) is 69.0. The number of fused-ring (bicyclic) bond motifs is 7. The van der Waals surface area contributed by atoms with Crippen molar-refractivity contribution in [3.05, 3.63) is 110 Å². The van der Waals surface area contributed by atoms with Crippen molar-refractivity contribution in [2.45, 2.75) is 152 Å². The quantitative estimate of drug-likeness (QED) is 0.0933. The van der Waals surface area contributed by atoms with Gasteiger partial charge in [0.15, 0.2) is 5.67 Å². The second-order valence-electron chi connectivity index (χ2n) is 21.8. The highest BCUT2D eigenvalue weighted by Gasteiger charge is 2.54. The van der Waals surface area contributed by atoms with E-state index in [4.69, 9.17) is 16.6 Å². The first kappa shape index (κ1) is 48.6. The van der Waals surface area contributed by atoms with E-state index in [2.05, 4.69) is 67.5 Å². The Bertz CT molecular complexity index is 2860. The standard InChI is InChI=1S/C55H65ClFN7O5S/c1-33-46(70-32-58-33)36-16-14-35(15-17-36)41(59-48(66)44-30-38(65)31-63(44)50(68)47(53(2,3)4)60-52(69)55(57)24-25-55)12-6-5-9-26-62-27-20-34(21-28-62)37-18-19-42-39(29-37)54(22-7-8-23-54)51-61-49(67)45-40(56)11-10-13-43(45)64(42)51/h10-11,13-19,29,32,34,38,41,44,47,65H,5-9,12,20-28,30-31H2,1-4H3,(H,59,66)(H,60,69)/t38?,41-,44-,47+/m0/s1. The van der Waals surface area contributed by atoms with E-state index in [0.717, 1.165) is 116 Å². The molecular weight excluding hydrogens is 925 g/mol. The van der Waals surface area contributed by atoms with Crippen molar-refractivity contribution in [2.24, 2.45) is 5.41 Å². The Morgan fingerprint density at radius 3 is 2.40 bits per heavy atom. The molecule has 2 saturated carbocycles. The van der Waals surface area contributed by atoms with Crippen LogP contribution >= 0.6 is 22.9 Å². The van der Waals surface area contributed by atoms with Crippen LogP contribution in [0.2, 0.25) is 5.02 Å². The molecule has 5 aliphatic rings. The number of carbonyl (C=O) groups excluding carboxylic acids is 3. The van der Waals surface area contributed by atoms with Gasteiger partial charge < -0.3 is 25.5 Å². The van der Waals surface area contributed by atoms with E-state index in [1.807, 2.05) is 24.6 Å². The maximum atomic E-state index is 14.8. The van der Waals surface area contributed by atoms with Gasteiger partial charge in [-0.2, -0.15) is 4.98 Å². The first-order valence-corrected chi connectivity index (χ1v) is 26.7. The normalized spacial score (nSPS) is 21.4. The van der Waals surface area contributed by atoms with Gasteiger partial charge in [0.05, 0.1) is 55.3 Å². The summed E-state index contributed by atoms with van der Waals surface area (Å²) in [5.74, 6) is -0.345. The number of hydrogen-bond acceptors (Lipinski definition) is 9. The molecule has 3 N–H and O–H groups in total. The van der Waals surface area contributed by atoms with Crippen LogP contribution < -0.4 is 16.2 Å². The third-order valence-corrected chi connectivity index (χ3v) is 17.3. The fraction of sp³-hybridized carbons (Fsp3) is 0.527. The van der Waals surface area contributed by atoms with Crippen LogP contribution in [-0.2, 0) is 19.8 Å². The highest BCUT2D eigenvalue weighted by atomic mass is 35.5. The zero-order chi connectivity index (χ0) is 49.1. The maximum absolute atomic E-state index is 14.8. The number of halogens is 2. The molecule has 70 heavy (non-hydrogen) atoms. The number of alkyl halides is 1. The van der Waals surface area contributed by atoms with Gasteiger partial charge in [0.1, 0.15) is 17.9 Å². The van der Waals surface area contributed by atoms with Gasteiger partial charge in [-0.1, -0.05) is 101 Å². The highest BCUT2D eigenvalue weighted by molar-refractivity contribution is 7.13. The summed E-state index contributed by atoms with van der Waals surface area (Å²) in [6, 6.07) is 18.5. The minimum Gasteiger partial charge on any atom is -0.391 e. The van der Waals surface area contributed by atoms with Gasteiger partial charge in [0, 0.05) is 13.0 Å². The number of aliphatic hydroxyl groups is 1. The Labute approximate surface area is 418 Å². The second kappa shape index (κ2) is 19.2. The van der Waals surface area contributed by atoms with Crippen molar-refractivity contribution in [1.82, 2.24) is 35.0 Å². The number of nitrogens with one attached hydrogen (secondary N) is 2. The van der Waals surface area contributed by atoms with Crippen molar-refractivity contribution in [2.75, 3.05) is 26.2 Å². The Kier molecular flexibility index (Phi) is 13.3. The number of aliphatic hydroxyl groups excluding tert-OH is 1. The number of nitrogens with zero attached hydrogens (tertiary/aromatic N) is 5. The summed E-state index contributed by atoms with van der Waals surface area (Å²) in [7, 11) is 0. The molecule has 12 nitrogen and oxygen atoms in total. The summed E-state index contributed by atoms with van der Waals surface area (Å²) in [6.45, 7) is 10.4. The van der Waals surface area contributed by atoms with Crippen LogP contribution in [0.5, 0.6) is 0 Å². The van der Waals surface area contributed by atoms with Crippen molar-refractivity contribution < 1.29 is 23.9 Å². The highest BCUT2D eigenvalue weighted by Crippen LogP contribution is 2.53. The van der Waals surface area contributed by atoms with Crippen molar-refractivity contribution >= 4 is 51.6 Å². The summed E-state index contributed by atoms with van der Waals surface area (Å²) >= 11 is 8.16. The fourth-order valence-corrected chi connectivity index (χ4v) is 12.9. The molecule has 1 unspecified atom stereocenters. The summed E-state index contributed by atoms with van der Waals surface area (Å²) in [5.41, 5.74) is 6.20. The predicted octanol–water partition coefficient (Wildman–Crippen LogP) is 9.24. The van der Waals surface area contributed by atoms with E-state index in [-0.39, 0.29) is 48.7 Å². The summed E-state index contributed by atoms with van der Waals surface area (Å²) < 4.78 is 17.0. The van der Waals surface area contributed by atoms with E-state index >= 15 is 0 Å². The molecule has 0 radical (unpaired) electrons. The number of likely N-dealkylation sites (tertiary alicyclic amines) is 2. The third kappa shape index (κ3) is 9.22. The molecule has 10 rings (SSSR count). The topological polar surface area (TPSA) is 150 Å². The molecule has 3 aromatic carbocycles. The first-order chi connectivity index (χ1) is 33.5. The molecule has 5 heterocycles. The Balaban J connectivity index is 0.777. The average molecular weight is 991 g/mol. The van der Waals surface area contributed by atoms with Crippen LogP contribution in [0, 0.1) is 12.3 Å². The van der Waals surface area contributed by atoms with Gasteiger partial charge in [-0.25, -0.2) is 9.37 Å². The van der Waals surface area contributed by atoms with Gasteiger partial charge in [-0.05, 0) is 130 Å².